The van der Waals surface area contributed by atoms with E-state index in [1.54, 1.807) is 6.20 Å². The van der Waals surface area contributed by atoms with Crippen molar-refractivity contribution in [2.24, 2.45) is 5.92 Å². The predicted octanol–water partition coefficient (Wildman–Crippen LogP) is 1.34. The average Bonchev–Trinajstić information content (AvgIpc) is 2.58. The van der Waals surface area contributed by atoms with E-state index in [9.17, 15) is 14.8 Å². The molecule has 0 saturated carbocycles. The predicted molar refractivity (Wildman–Crippen MR) is 95.0 cm³/mol. The van der Waals surface area contributed by atoms with Crippen LogP contribution >= 0.6 is 0 Å². The molecule has 0 radical (unpaired) electrons. The average molecular weight is 352 g/mol. The fourth-order valence-electron chi connectivity index (χ4n) is 2.39. The molecule has 0 bridgehead atoms. The lowest BCUT2D eigenvalue weighted by atomic mass is 10.0. The van der Waals surface area contributed by atoms with Crippen LogP contribution in [0.25, 0.3) is 0 Å². The number of hydrogen-bond donors (Lipinski definition) is 3. The molecule has 1 rings (SSSR count). The number of aromatic nitrogens is 2. The monoisotopic (exact) mass is 352 g/mol. The summed E-state index contributed by atoms with van der Waals surface area (Å²) < 4.78 is 0. The Balaban J connectivity index is 2.66. The van der Waals surface area contributed by atoms with Crippen molar-refractivity contribution in [1.82, 2.24) is 20.5 Å². The summed E-state index contributed by atoms with van der Waals surface area (Å²) in [7, 11) is 3.80. The summed E-state index contributed by atoms with van der Waals surface area (Å²) in [6.45, 7) is 3.86. The summed E-state index contributed by atoms with van der Waals surface area (Å²) in [6, 6.07) is 0. The van der Waals surface area contributed by atoms with Gasteiger partial charge in [-0.15, -0.1) is 0 Å². The molecule has 0 spiro atoms. The third-order valence-electron chi connectivity index (χ3n) is 3.79. The maximum absolute atomic E-state index is 12.3. The first kappa shape index (κ1) is 20.6. The van der Waals surface area contributed by atoms with E-state index in [-0.39, 0.29) is 18.4 Å². The van der Waals surface area contributed by atoms with Gasteiger partial charge in [0.05, 0.1) is 30.0 Å². The number of aryl methyl sites for hydroxylation is 1. The van der Waals surface area contributed by atoms with Gasteiger partial charge in [0, 0.05) is 14.1 Å². The van der Waals surface area contributed by atoms with Crippen molar-refractivity contribution in [3.05, 3.63) is 11.9 Å². The van der Waals surface area contributed by atoms with Gasteiger partial charge in [-0.25, -0.2) is 15.0 Å². The van der Waals surface area contributed by atoms with E-state index >= 15 is 0 Å². The second-order valence-electron chi connectivity index (χ2n) is 6.09. The highest BCUT2D eigenvalue weighted by Crippen LogP contribution is 2.15. The number of nitrogens with zero attached hydrogens (tertiary/aromatic N) is 4. The zero-order chi connectivity index (χ0) is 18.8. The molecule has 0 fully saturated rings. The van der Waals surface area contributed by atoms with Gasteiger partial charge in [0.15, 0.2) is 0 Å². The highest BCUT2D eigenvalue weighted by Gasteiger charge is 2.20. The number of hydroxylamine groups is 2. The van der Waals surface area contributed by atoms with Crippen LogP contribution in [-0.2, 0) is 9.59 Å². The van der Waals surface area contributed by atoms with Crippen LogP contribution in [0.1, 0.15) is 38.3 Å². The smallest absolute Gasteiger partial charge is 0.243 e. The van der Waals surface area contributed by atoms with Crippen molar-refractivity contribution >= 4 is 24.0 Å². The Morgan fingerprint density at radius 3 is 2.68 bits per heavy atom. The van der Waals surface area contributed by atoms with E-state index in [1.807, 2.05) is 25.9 Å². The number of unbranched alkanes of at least 4 members (excludes halogenated alkanes) is 2. The molecule has 0 aliphatic heterocycles. The van der Waals surface area contributed by atoms with E-state index in [4.69, 9.17) is 0 Å². The number of rotatable bonds is 11. The minimum Gasteiger partial charge on any atom is -0.375 e. The lowest BCUT2D eigenvalue weighted by Crippen LogP contribution is -2.40. The molecular weight excluding hydrogens is 324 g/mol. The molecule has 25 heavy (non-hydrogen) atoms. The summed E-state index contributed by atoms with van der Waals surface area (Å²) in [5, 5.41) is 9.86. The van der Waals surface area contributed by atoms with Crippen molar-refractivity contribution in [2.75, 3.05) is 31.0 Å². The number of hydrazine groups is 1. The fraction of sp³-hybridized carbons (Fsp3) is 0.625. The fourth-order valence-corrected chi connectivity index (χ4v) is 2.39. The zero-order valence-corrected chi connectivity index (χ0v) is 15.3. The van der Waals surface area contributed by atoms with Crippen LogP contribution < -0.4 is 15.8 Å². The molecule has 3 N–H and O–H groups in total. The van der Waals surface area contributed by atoms with Crippen LogP contribution in [-0.4, -0.2) is 53.2 Å². The standard InChI is InChI=1S/C16H28N6O3/c1-5-6-7-8-13(10-22(25)11-23)15(24)19-20-16-17-9-14(21(3)4)12(2)18-16/h9,11,13,25H,5-8,10H2,1-4H3,(H,19,24)(H,17,18,20). The second kappa shape index (κ2) is 10.4. The van der Waals surface area contributed by atoms with Crippen LogP contribution in [0.4, 0.5) is 11.6 Å². The Kier molecular flexibility index (Phi) is 8.62. The van der Waals surface area contributed by atoms with Gasteiger partial charge in [-0.2, -0.15) is 0 Å². The van der Waals surface area contributed by atoms with Crippen molar-refractivity contribution in [3.63, 3.8) is 0 Å². The van der Waals surface area contributed by atoms with Gasteiger partial charge in [0.2, 0.25) is 18.3 Å². The topological polar surface area (TPSA) is 111 Å². The van der Waals surface area contributed by atoms with Crippen LogP contribution in [0.2, 0.25) is 0 Å². The largest absolute Gasteiger partial charge is 0.375 e. The van der Waals surface area contributed by atoms with Crippen molar-refractivity contribution in [3.8, 4) is 0 Å². The van der Waals surface area contributed by atoms with Gasteiger partial charge in [0.1, 0.15) is 0 Å². The normalized spacial score (nSPS) is 11.6. The number of carbonyl (C=O) groups is 2. The van der Waals surface area contributed by atoms with Crippen molar-refractivity contribution in [2.45, 2.75) is 39.5 Å². The molecule has 1 unspecified atom stereocenters. The SMILES string of the molecule is CCCCCC(CN(O)C=O)C(=O)NNc1ncc(N(C)C)c(C)n1. The van der Waals surface area contributed by atoms with Gasteiger partial charge < -0.3 is 4.90 Å². The van der Waals surface area contributed by atoms with Crippen LogP contribution in [0.15, 0.2) is 6.20 Å². The summed E-state index contributed by atoms with van der Waals surface area (Å²) >= 11 is 0. The van der Waals surface area contributed by atoms with Gasteiger partial charge in [0.25, 0.3) is 0 Å². The summed E-state index contributed by atoms with van der Waals surface area (Å²) in [6.07, 6.45) is 5.38. The summed E-state index contributed by atoms with van der Waals surface area (Å²) in [5.41, 5.74) is 6.90. The van der Waals surface area contributed by atoms with Gasteiger partial charge in [-0.05, 0) is 13.3 Å². The van der Waals surface area contributed by atoms with Crippen LogP contribution in [0.5, 0.6) is 0 Å². The lowest BCUT2D eigenvalue weighted by molar-refractivity contribution is -0.154. The first-order valence-electron chi connectivity index (χ1n) is 8.36. The van der Waals surface area contributed by atoms with Crippen LogP contribution in [0.3, 0.4) is 0 Å². The highest BCUT2D eigenvalue weighted by atomic mass is 16.5. The lowest BCUT2D eigenvalue weighted by Gasteiger charge is -2.20. The van der Waals surface area contributed by atoms with Crippen molar-refractivity contribution < 1.29 is 14.8 Å². The molecule has 1 aromatic rings. The Hall–Kier alpha value is -2.42. The van der Waals surface area contributed by atoms with Gasteiger partial charge in [-0.1, -0.05) is 26.2 Å². The maximum atomic E-state index is 12.3. The highest BCUT2D eigenvalue weighted by molar-refractivity contribution is 5.80. The number of anilines is 2. The third kappa shape index (κ3) is 6.92. The van der Waals surface area contributed by atoms with E-state index in [1.165, 1.54) is 0 Å². The Morgan fingerprint density at radius 1 is 1.40 bits per heavy atom. The second-order valence-corrected chi connectivity index (χ2v) is 6.09. The Bertz CT molecular complexity index is 567. The quantitative estimate of drug-likeness (QED) is 0.238. The minimum absolute atomic E-state index is 0.0554. The van der Waals surface area contributed by atoms with E-state index in [0.29, 0.717) is 17.9 Å². The third-order valence-corrected chi connectivity index (χ3v) is 3.79. The maximum Gasteiger partial charge on any atom is 0.243 e. The number of carbonyl (C=O) groups excluding carboxylic acids is 2. The molecule has 0 saturated heterocycles. The molecule has 0 aliphatic carbocycles. The molecule has 140 valence electrons. The van der Waals surface area contributed by atoms with Gasteiger partial charge in [-0.3, -0.25) is 25.6 Å². The number of hydrogen-bond acceptors (Lipinski definition) is 7. The molecule has 2 amide bonds. The first-order chi connectivity index (χ1) is 11.9. The minimum atomic E-state index is -0.517. The van der Waals surface area contributed by atoms with E-state index in [0.717, 1.165) is 30.6 Å². The molecule has 1 atom stereocenters. The zero-order valence-electron chi connectivity index (χ0n) is 15.3. The van der Waals surface area contributed by atoms with E-state index < -0.39 is 5.92 Å². The molecule has 0 aliphatic rings. The summed E-state index contributed by atoms with van der Waals surface area (Å²) in [4.78, 5) is 33.3. The number of nitrogens with one attached hydrogen (secondary N) is 2. The summed E-state index contributed by atoms with van der Waals surface area (Å²) in [5.74, 6) is -0.564. The molecule has 1 aromatic heterocycles. The molecule has 9 heteroatoms. The van der Waals surface area contributed by atoms with Crippen LogP contribution in [0, 0.1) is 12.8 Å². The first-order valence-corrected chi connectivity index (χ1v) is 8.36. The molecular formula is C16H28N6O3. The van der Waals surface area contributed by atoms with Crippen molar-refractivity contribution in [1.29, 1.82) is 0 Å². The molecule has 1 heterocycles. The Labute approximate surface area is 148 Å². The molecule has 0 aromatic carbocycles. The number of amides is 2. The molecule has 9 nitrogen and oxygen atoms in total. The Morgan fingerprint density at radius 2 is 2.12 bits per heavy atom. The van der Waals surface area contributed by atoms with E-state index in [2.05, 4.69) is 27.7 Å². The van der Waals surface area contributed by atoms with Gasteiger partial charge >= 0.3 is 0 Å².